The van der Waals surface area contributed by atoms with E-state index in [2.05, 4.69) is 5.32 Å². The Hall–Kier alpha value is -2.29. The highest BCUT2D eigenvalue weighted by Crippen LogP contribution is 2.41. The Balaban J connectivity index is 1.98. The lowest BCUT2D eigenvalue weighted by atomic mass is 9.89. The number of halogens is 1. The molecule has 1 aliphatic heterocycles. The summed E-state index contributed by atoms with van der Waals surface area (Å²) < 4.78 is 0.409. The molecule has 1 aromatic carbocycles. The third-order valence-corrected chi connectivity index (χ3v) is 4.82. The van der Waals surface area contributed by atoms with Gasteiger partial charge in [-0.05, 0) is 18.2 Å². The van der Waals surface area contributed by atoms with Crippen molar-refractivity contribution >= 4 is 46.0 Å². The summed E-state index contributed by atoms with van der Waals surface area (Å²) in [6.45, 7) is 0. The van der Waals surface area contributed by atoms with Crippen LogP contribution in [0.25, 0.3) is 0 Å². The molecule has 2 aromatic rings. The van der Waals surface area contributed by atoms with Crippen LogP contribution in [0, 0.1) is 10.1 Å². The van der Waals surface area contributed by atoms with E-state index < -0.39 is 28.6 Å². The lowest BCUT2D eigenvalue weighted by Gasteiger charge is -2.19. The monoisotopic (exact) mass is 352 g/mol. The van der Waals surface area contributed by atoms with Gasteiger partial charge in [0.15, 0.2) is 11.4 Å². The first-order valence-corrected chi connectivity index (χ1v) is 7.62. The minimum atomic E-state index is -2.14. The zero-order chi connectivity index (χ0) is 16.8. The fraction of sp³-hybridized carbons (Fsp3) is 0.143. The molecule has 23 heavy (non-hydrogen) atoms. The Morgan fingerprint density at radius 1 is 1.39 bits per heavy atom. The first-order chi connectivity index (χ1) is 10.8. The van der Waals surface area contributed by atoms with Gasteiger partial charge in [-0.15, -0.1) is 11.3 Å². The molecule has 1 unspecified atom stereocenters. The number of carbonyl (C=O) groups excluding carboxylic acids is 2. The third-order valence-electron chi connectivity index (χ3n) is 3.55. The number of amides is 1. The Labute approximate surface area is 138 Å². The molecule has 1 amide bonds. The summed E-state index contributed by atoms with van der Waals surface area (Å²) in [6, 6.07) is 6.68. The second-order valence-electron chi connectivity index (χ2n) is 5.01. The van der Waals surface area contributed by atoms with Crippen LogP contribution in [0.2, 0.25) is 4.34 Å². The van der Waals surface area contributed by atoms with Crippen molar-refractivity contribution in [2.45, 2.75) is 12.0 Å². The third kappa shape index (κ3) is 2.61. The molecule has 2 heterocycles. The van der Waals surface area contributed by atoms with Crippen molar-refractivity contribution in [3.05, 3.63) is 55.2 Å². The number of hydrogen-bond acceptors (Lipinski definition) is 6. The van der Waals surface area contributed by atoms with Crippen molar-refractivity contribution in [3.63, 3.8) is 0 Å². The van der Waals surface area contributed by atoms with Crippen molar-refractivity contribution in [1.29, 1.82) is 0 Å². The highest BCUT2D eigenvalue weighted by Gasteiger charge is 2.47. The molecule has 118 valence electrons. The van der Waals surface area contributed by atoms with Crippen LogP contribution in [0.3, 0.4) is 0 Å². The first kappa shape index (κ1) is 15.6. The van der Waals surface area contributed by atoms with E-state index in [1.807, 2.05) is 0 Å². The molecule has 0 saturated heterocycles. The largest absolute Gasteiger partial charge is 0.375 e. The number of nitro benzene ring substituents is 1. The minimum absolute atomic E-state index is 0.0210. The number of ketones is 1. The van der Waals surface area contributed by atoms with Crippen LogP contribution in [0.4, 0.5) is 11.4 Å². The molecule has 9 heteroatoms. The fourth-order valence-electron chi connectivity index (χ4n) is 2.40. The molecule has 0 bridgehead atoms. The Morgan fingerprint density at radius 2 is 2.13 bits per heavy atom. The van der Waals surface area contributed by atoms with Gasteiger partial charge in [0.05, 0.1) is 20.6 Å². The second kappa shape index (κ2) is 5.41. The van der Waals surface area contributed by atoms with Crippen molar-refractivity contribution < 1.29 is 19.6 Å². The van der Waals surface area contributed by atoms with Crippen molar-refractivity contribution in [2.75, 3.05) is 5.32 Å². The zero-order valence-corrected chi connectivity index (χ0v) is 13.0. The number of rotatable bonds is 4. The number of aliphatic hydroxyl groups is 1. The number of anilines is 1. The van der Waals surface area contributed by atoms with E-state index in [4.69, 9.17) is 11.6 Å². The molecule has 1 aromatic heterocycles. The maximum absolute atomic E-state index is 12.3. The maximum Gasteiger partial charge on any atom is 0.269 e. The van der Waals surface area contributed by atoms with Gasteiger partial charge < -0.3 is 10.4 Å². The summed E-state index contributed by atoms with van der Waals surface area (Å²) in [5.41, 5.74) is -2.15. The van der Waals surface area contributed by atoms with Crippen LogP contribution in [-0.2, 0) is 10.4 Å². The van der Waals surface area contributed by atoms with Gasteiger partial charge in [-0.25, -0.2) is 0 Å². The zero-order valence-electron chi connectivity index (χ0n) is 11.4. The molecular weight excluding hydrogens is 344 g/mol. The molecule has 0 spiro atoms. The molecule has 2 N–H and O–H groups in total. The van der Waals surface area contributed by atoms with Crippen molar-refractivity contribution in [1.82, 2.24) is 0 Å². The number of nitrogens with zero attached hydrogens (tertiary/aromatic N) is 1. The molecule has 1 aliphatic rings. The molecule has 0 saturated carbocycles. The molecule has 1 atom stereocenters. The molecular formula is C14H9ClN2O5S. The summed E-state index contributed by atoms with van der Waals surface area (Å²) in [7, 11) is 0. The predicted molar refractivity (Wildman–Crippen MR) is 83.9 cm³/mol. The topological polar surface area (TPSA) is 110 Å². The van der Waals surface area contributed by atoms with E-state index in [0.29, 0.717) is 9.21 Å². The van der Waals surface area contributed by atoms with Gasteiger partial charge in [-0.3, -0.25) is 19.7 Å². The van der Waals surface area contributed by atoms with E-state index in [1.165, 1.54) is 24.3 Å². The van der Waals surface area contributed by atoms with Crippen molar-refractivity contribution in [2.24, 2.45) is 0 Å². The molecule has 7 nitrogen and oxygen atoms in total. The van der Waals surface area contributed by atoms with Gasteiger partial charge in [0.25, 0.3) is 11.6 Å². The first-order valence-electron chi connectivity index (χ1n) is 6.42. The van der Waals surface area contributed by atoms with Gasteiger partial charge in [-0.2, -0.15) is 0 Å². The Morgan fingerprint density at radius 3 is 2.74 bits per heavy atom. The van der Waals surface area contributed by atoms with Gasteiger partial charge >= 0.3 is 0 Å². The highest BCUT2D eigenvalue weighted by atomic mass is 35.5. The number of non-ortho nitro benzene ring substituents is 1. The number of nitro groups is 1. The predicted octanol–water partition coefficient (Wildman–Crippen LogP) is 2.72. The number of carbonyl (C=O) groups is 2. The molecule has 0 aliphatic carbocycles. The summed E-state index contributed by atoms with van der Waals surface area (Å²) in [6.07, 6.45) is -0.524. The maximum atomic E-state index is 12.3. The van der Waals surface area contributed by atoms with Crippen LogP contribution >= 0.6 is 22.9 Å². The number of fused-ring (bicyclic) bond motifs is 1. The molecule has 0 fully saturated rings. The minimum Gasteiger partial charge on any atom is -0.375 e. The van der Waals surface area contributed by atoms with Crippen LogP contribution in [0.1, 0.15) is 21.7 Å². The number of hydrogen-bond donors (Lipinski definition) is 2. The smallest absolute Gasteiger partial charge is 0.269 e. The summed E-state index contributed by atoms with van der Waals surface area (Å²) >= 11 is 6.80. The lowest BCUT2D eigenvalue weighted by molar-refractivity contribution is -0.385. The average Bonchev–Trinajstić information content (AvgIpc) is 3.02. The van der Waals surface area contributed by atoms with E-state index in [0.717, 1.165) is 17.4 Å². The number of Topliss-reactive ketones (excluding diaryl/α,β-unsaturated/α-hetero) is 1. The lowest BCUT2D eigenvalue weighted by Crippen LogP contribution is -2.36. The van der Waals surface area contributed by atoms with Gasteiger partial charge in [-0.1, -0.05) is 11.6 Å². The summed E-state index contributed by atoms with van der Waals surface area (Å²) in [4.78, 5) is 34.9. The van der Waals surface area contributed by atoms with E-state index >= 15 is 0 Å². The molecule has 0 radical (unpaired) electrons. The summed E-state index contributed by atoms with van der Waals surface area (Å²) in [5, 5.41) is 24.0. The highest BCUT2D eigenvalue weighted by molar-refractivity contribution is 7.18. The van der Waals surface area contributed by atoms with E-state index in [-0.39, 0.29) is 16.9 Å². The normalized spacial score (nSPS) is 19.3. The van der Waals surface area contributed by atoms with Gasteiger partial charge in [0.2, 0.25) is 0 Å². The van der Waals surface area contributed by atoms with Crippen LogP contribution in [0.15, 0.2) is 30.3 Å². The summed E-state index contributed by atoms with van der Waals surface area (Å²) in [5.74, 6) is -1.26. The van der Waals surface area contributed by atoms with E-state index in [1.54, 1.807) is 0 Å². The van der Waals surface area contributed by atoms with Gasteiger partial charge in [0.1, 0.15) is 0 Å². The standard InChI is InChI=1S/C14H9ClN2O5S/c15-12-4-3-11(23-12)10(18)6-14(20)8-5-7(17(21)22)1-2-9(8)16-13(14)19/h1-5,20H,6H2,(H,16,19). The number of thiophene rings is 1. The molecule has 3 rings (SSSR count). The van der Waals surface area contributed by atoms with Gasteiger partial charge in [0, 0.05) is 23.4 Å². The second-order valence-corrected chi connectivity index (χ2v) is 6.72. The quantitative estimate of drug-likeness (QED) is 0.499. The van der Waals surface area contributed by atoms with Crippen LogP contribution in [0.5, 0.6) is 0 Å². The van der Waals surface area contributed by atoms with Crippen molar-refractivity contribution in [3.8, 4) is 0 Å². The number of nitrogens with one attached hydrogen (secondary N) is 1. The van der Waals surface area contributed by atoms with E-state index in [9.17, 15) is 24.8 Å². The average molecular weight is 353 g/mol. The Kier molecular flexibility index (Phi) is 3.67. The van der Waals surface area contributed by atoms with Crippen LogP contribution < -0.4 is 5.32 Å². The SMILES string of the molecule is O=C(CC1(O)C(=O)Nc2ccc([N+](=O)[O-])cc21)c1ccc(Cl)s1. The Bertz CT molecular complexity index is 849. The van der Waals surface area contributed by atoms with Crippen LogP contribution in [-0.4, -0.2) is 21.7 Å². The number of benzene rings is 1. The fourth-order valence-corrected chi connectivity index (χ4v) is 3.38.